The molecule has 1 aliphatic rings. The van der Waals surface area contributed by atoms with E-state index in [9.17, 15) is 0 Å². The normalized spacial score (nSPS) is 15.7. The van der Waals surface area contributed by atoms with E-state index in [4.69, 9.17) is 4.52 Å². The van der Waals surface area contributed by atoms with Gasteiger partial charge in [-0.3, -0.25) is 0 Å². The molecular formula is C21H28N4O. The number of H-pyrrole nitrogens is 1. The number of hydrogen-bond acceptors (Lipinski definition) is 4. The number of para-hydroxylation sites is 1. The molecule has 1 aliphatic carbocycles. The molecule has 1 aromatic carbocycles. The van der Waals surface area contributed by atoms with Gasteiger partial charge in [-0.15, -0.1) is 0 Å². The van der Waals surface area contributed by atoms with Crippen molar-refractivity contribution in [3.63, 3.8) is 0 Å². The minimum Gasteiger partial charge on any atom is -0.358 e. The van der Waals surface area contributed by atoms with Crippen molar-refractivity contribution in [3.05, 3.63) is 35.9 Å². The highest BCUT2D eigenvalue weighted by Crippen LogP contribution is 2.30. The van der Waals surface area contributed by atoms with Crippen LogP contribution in [0.1, 0.15) is 50.1 Å². The number of aryl methyl sites for hydroxylation is 1. The smallest absolute Gasteiger partial charge is 0.228 e. The molecule has 5 heteroatoms. The minimum atomic E-state index is 0.678. The Morgan fingerprint density at radius 2 is 2.00 bits per heavy atom. The molecule has 0 atom stereocenters. The zero-order chi connectivity index (χ0) is 17.8. The third kappa shape index (κ3) is 3.83. The van der Waals surface area contributed by atoms with Crippen LogP contribution in [0.25, 0.3) is 22.3 Å². The Labute approximate surface area is 154 Å². The summed E-state index contributed by atoms with van der Waals surface area (Å²) in [6, 6.07) is 8.24. The average Bonchev–Trinajstić information content (AvgIpc) is 3.25. The molecule has 0 radical (unpaired) electrons. The third-order valence-electron chi connectivity index (χ3n) is 5.56. The summed E-state index contributed by atoms with van der Waals surface area (Å²) >= 11 is 0. The Morgan fingerprint density at radius 3 is 2.88 bits per heavy atom. The van der Waals surface area contributed by atoms with Gasteiger partial charge in [-0.1, -0.05) is 55.5 Å². The SMILES string of the molecule is Cc1[nH]c2ccccc2c1-c1noc(CCNCCC2CCCCC2)n1. The van der Waals surface area contributed by atoms with E-state index in [1.54, 1.807) is 0 Å². The van der Waals surface area contributed by atoms with Crippen LogP contribution in [0.4, 0.5) is 0 Å². The minimum absolute atomic E-state index is 0.678. The number of hydrogen-bond donors (Lipinski definition) is 2. The van der Waals surface area contributed by atoms with Crippen LogP contribution in [0.2, 0.25) is 0 Å². The van der Waals surface area contributed by atoms with Crippen LogP contribution in [0.15, 0.2) is 28.8 Å². The van der Waals surface area contributed by atoms with Crippen molar-refractivity contribution in [2.24, 2.45) is 5.92 Å². The molecule has 0 amide bonds. The van der Waals surface area contributed by atoms with Crippen molar-refractivity contribution in [1.82, 2.24) is 20.4 Å². The van der Waals surface area contributed by atoms with E-state index in [2.05, 4.69) is 39.5 Å². The first kappa shape index (κ1) is 17.3. The maximum atomic E-state index is 5.47. The number of benzene rings is 1. The van der Waals surface area contributed by atoms with Gasteiger partial charge in [-0.25, -0.2) is 0 Å². The standard InChI is InChI=1S/C21H28N4O/c1-15-20(17-9-5-6-10-18(17)23-15)21-24-19(26-25-21)12-14-22-13-11-16-7-3-2-4-8-16/h5-6,9-10,16,22-23H,2-4,7-8,11-14H2,1H3. The van der Waals surface area contributed by atoms with Gasteiger partial charge in [0.2, 0.25) is 11.7 Å². The molecule has 0 spiro atoms. The number of aromatic amines is 1. The van der Waals surface area contributed by atoms with E-state index in [1.165, 1.54) is 38.5 Å². The van der Waals surface area contributed by atoms with E-state index in [-0.39, 0.29) is 0 Å². The van der Waals surface area contributed by atoms with Crippen LogP contribution in [0.3, 0.4) is 0 Å². The van der Waals surface area contributed by atoms with Crippen LogP contribution < -0.4 is 5.32 Å². The van der Waals surface area contributed by atoms with Gasteiger partial charge in [-0.05, 0) is 31.9 Å². The molecule has 3 aromatic rings. The van der Waals surface area contributed by atoms with Gasteiger partial charge in [0.1, 0.15) is 0 Å². The number of nitrogens with one attached hydrogen (secondary N) is 2. The summed E-state index contributed by atoms with van der Waals surface area (Å²) in [6.07, 6.45) is 9.17. The molecule has 5 nitrogen and oxygen atoms in total. The number of aromatic nitrogens is 3. The van der Waals surface area contributed by atoms with Crippen molar-refractivity contribution < 1.29 is 4.52 Å². The number of nitrogens with zero attached hydrogens (tertiary/aromatic N) is 2. The van der Waals surface area contributed by atoms with E-state index in [0.29, 0.717) is 11.7 Å². The Kier molecular flexibility index (Phi) is 5.34. The number of rotatable bonds is 7. The van der Waals surface area contributed by atoms with Crippen molar-refractivity contribution in [3.8, 4) is 11.4 Å². The molecule has 0 bridgehead atoms. The van der Waals surface area contributed by atoms with Gasteiger partial charge in [0.05, 0.1) is 5.56 Å². The molecule has 1 saturated carbocycles. The lowest BCUT2D eigenvalue weighted by atomic mass is 9.87. The maximum Gasteiger partial charge on any atom is 0.228 e. The highest BCUT2D eigenvalue weighted by molar-refractivity contribution is 5.95. The summed E-state index contributed by atoms with van der Waals surface area (Å²) in [5, 5.41) is 8.88. The van der Waals surface area contributed by atoms with E-state index >= 15 is 0 Å². The van der Waals surface area contributed by atoms with Crippen molar-refractivity contribution in [1.29, 1.82) is 0 Å². The van der Waals surface area contributed by atoms with Crippen LogP contribution in [-0.2, 0) is 6.42 Å². The summed E-state index contributed by atoms with van der Waals surface area (Å²) in [6.45, 7) is 4.03. The second kappa shape index (κ2) is 8.04. The Balaban J connectivity index is 1.31. The Hall–Kier alpha value is -2.14. The van der Waals surface area contributed by atoms with Gasteiger partial charge in [0.15, 0.2) is 0 Å². The molecule has 138 valence electrons. The fraction of sp³-hybridized carbons (Fsp3) is 0.524. The van der Waals surface area contributed by atoms with Crippen LogP contribution in [-0.4, -0.2) is 28.2 Å². The quantitative estimate of drug-likeness (QED) is 0.609. The van der Waals surface area contributed by atoms with E-state index in [1.807, 2.05) is 12.1 Å². The first-order chi connectivity index (χ1) is 12.8. The zero-order valence-electron chi connectivity index (χ0n) is 15.6. The van der Waals surface area contributed by atoms with Gasteiger partial charge >= 0.3 is 0 Å². The lowest BCUT2D eigenvalue weighted by Gasteiger charge is -2.21. The molecule has 0 aliphatic heterocycles. The molecule has 0 unspecified atom stereocenters. The Morgan fingerprint density at radius 1 is 1.15 bits per heavy atom. The van der Waals surface area contributed by atoms with E-state index in [0.717, 1.165) is 47.6 Å². The van der Waals surface area contributed by atoms with Crippen molar-refractivity contribution in [2.75, 3.05) is 13.1 Å². The third-order valence-corrected chi connectivity index (χ3v) is 5.56. The first-order valence-corrected chi connectivity index (χ1v) is 9.92. The highest BCUT2D eigenvalue weighted by atomic mass is 16.5. The first-order valence-electron chi connectivity index (χ1n) is 9.92. The predicted molar refractivity (Wildman–Crippen MR) is 104 cm³/mol. The van der Waals surface area contributed by atoms with Gasteiger partial charge < -0.3 is 14.8 Å². The monoisotopic (exact) mass is 352 g/mol. The fourth-order valence-electron chi connectivity index (χ4n) is 4.13. The summed E-state index contributed by atoms with van der Waals surface area (Å²) in [5.74, 6) is 2.31. The van der Waals surface area contributed by atoms with Crippen LogP contribution >= 0.6 is 0 Å². The summed E-state index contributed by atoms with van der Waals surface area (Å²) in [4.78, 5) is 8.01. The molecule has 4 rings (SSSR count). The summed E-state index contributed by atoms with van der Waals surface area (Å²) < 4.78 is 5.47. The largest absolute Gasteiger partial charge is 0.358 e. The maximum absolute atomic E-state index is 5.47. The second-order valence-corrected chi connectivity index (χ2v) is 7.48. The highest BCUT2D eigenvalue weighted by Gasteiger charge is 2.16. The Bertz CT molecular complexity index is 845. The predicted octanol–water partition coefficient (Wildman–Crippen LogP) is 4.63. The topological polar surface area (TPSA) is 66.7 Å². The van der Waals surface area contributed by atoms with E-state index < -0.39 is 0 Å². The lowest BCUT2D eigenvalue weighted by molar-refractivity contribution is 0.332. The molecule has 26 heavy (non-hydrogen) atoms. The zero-order valence-corrected chi connectivity index (χ0v) is 15.6. The molecule has 1 fully saturated rings. The van der Waals surface area contributed by atoms with Gasteiger partial charge in [0, 0.05) is 29.6 Å². The summed E-state index contributed by atoms with van der Waals surface area (Å²) in [5.41, 5.74) is 3.22. The molecule has 0 saturated heterocycles. The lowest BCUT2D eigenvalue weighted by Crippen LogP contribution is -2.21. The molecular weight excluding hydrogens is 324 g/mol. The summed E-state index contributed by atoms with van der Waals surface area (Å²) in [7, 11) is 0. The molecule has 2 heterocycles. The molecule has 2 aromatic heterocycles. The van der Waals surface area contributed by atoms with Crippen molar-refractivity contribution >= 4 is 10.9 Å². The van der Waals surface area contributed by atoms with Gasteiger partial charge in [-0.2, -0.15) is 4.98 Å². The van der Waals surface area contributed by atoms with Crippen LogP contribution in [0.5, 0.6) is 0 Å². The second-order valence-electron chi connectivity index (χ2n) is 7.48. The fourth-order valence-corrected chi connectivity index (χ4v) is 4.13. The average molecular weight is 352 g/mol. The number of fused-ring (bicyclic) bond motifs is 1. The van der Waals surface area contributed by atoms with Gasteiger partial charge in [0.25, 0.3) is 0 Å². The molecule has 2 N–H and O–H groups in total. The van der Waals surface area contributed by atoms with Crippen LogP contribution in [0, 0.1) is 12.8 Å². The van der Waals surface area contributed by atoms with Crippen molar-refractivity contribution in [2.45, 2.75) is 51.9 Å².